The molecule has 0 aromatic heterocycles. The quantitative estimate of drug-likeness (QED) is 0.584. The minimum Gasteiger partial charge on any atom is -0.383 e. The normalized spacial score (nSPS) is 12.3. The maximum Gasteiger partial charge on any atom is 0.261 e. The van der Waals surface area contributed by atoms with Gasteiger partial charge in [0.2, 0.25) is 0 Å². The maximum absolute atomic E-state index is 12.7. The summed E-state index contributed by atoms with van der Waals surface area (Å²) in [5.74, 6) is 0. The molecule has 0 radical (unpaired) electrons. The molecule has 9 heteroatoms. The van der Waals surface area contributed by atoms with Gasteiger partial charge < -0.3 is 15.4 Å². The van der Waals surface area contributed by atoms with E-state index in [1.165, 1.54) is 0 Å². The third kappa shape index (κ3) is 6.35. The van der Waals surface area contributed by atoms with Gasteiger partial charge in [-0.2, -0.15) is 0 Å². The number of halogens is 1. The number of hydrogen-bond acceptors (Lipinski definition) is 4. The standard InChI is InChI=1S/C18H22ClN3O3S2/c1-12-4-9-16(10-17(12)21-18(26)20-13(2)11-25-3)27(23,24)22-15-7-5-14(19)6-8-15/h4-10,13,22H,11H2,1-3H3,(H2,20,21,26). The highest BCUT2D eigenvalue weighted by atomic mass is 35.5. The summed E-state index contributed by atoms with van der Waals surface area (Å²) in [6.07, 6.45) is 0. The summed E-state index contributed by atoms with van der Waals surface area (Å²) in [6, 6.07) is 11.3. The number of thiocarbonyl (C=S) groups is 1. The number of nitrogens with one attached hydrogen (secondary N) is 3. The molecule has 0 heterocycles. The number of rotatable bonds is 7. The molecule has 27 heavy (non-hydrogen) atoms. The third-order valence-corrected chi connectivity index (χ3v) is 5.51. The number of methoxy groups -OCH3 is 1. The van der Waals surface area contributed by atoms with Crippen molar-refractivity contribution in [2.45, 2.75) is 24.8 Å². The number of sulfonamides is 1. The highest BCUT2D eigenvalue weighted by Gasteiger charge is 2.16. The highest BCUT2D eigenvalue weighted by Crippen LogP contribution is 2.23. The Bertz CT molecular complexity index is 903. The van der Waals surface area contributed by atoms with E-state index in [-0.39, 0.29) is 10.9 Å². The lowest BCUT2D eigenvalue weighted by Crippen LogP contribution is -2.38. The first-order chi connectivity index (χ1) is 12.7. The molecule has 2 rings (SSSR count). The molecule has 0 aliphatic rings. The van der Waals surface area contributed by atoms with E-state index in [9.17, 15) is 8.42 Å². The molecule has 0 amide bonds. The van der Waals surface area contributed by atoms with Crippen molar-refractivity contribution in [3.05, 3.63) is 53.1 Å². The predicted molar refractivity (Wildman–Crippen MR) is 114 cm³/mol. The van der Waals surface area contributed by atoms with Crippen molar-refractivity contribution in [2.24, 2.45) is 0 Å². The van der Waals surface area contributed by atoms with E-state index in [2.05, 4.69) is 15.4 Å². The van der Waals surface area contributed by atoms with E-state index in [0.29, 0.717) is 28.1 Å². The van der Waals surface area contributed by atoms with Gasteiger partial charge in [0.15, 0.2) is 5.11 Å². The minimum absolute atomic E-state index is 0.0220. The molecule has 2 aromatic rings. The smallest absolute Gasteiger partial charge is 0.261 e. The summed E-state index contributed by atoms with van der Waals surface area (Å²) in [6.45, 7) is 4.30. The number of aryl methyl sites for hydroxylation is 1. The van der Waals surface area contributed by atoms with Gasteiger partial charge in [0.05, 0.1) is 11.5 Å². The molecular weight excluding hydrogens is 406 g/mol. The summed E-state index contributed by atoms with van der Waals surface area (Å²) in [7, 11) is -2.14. The van der Waals surface area contributed by atoms with Crippen LogP contribution in [0, 0.1) is 6.92 Å². The van der Waals surface area contributed by atoms with Gasteiger partial charge in [-0.05, 0) is 68.0 Å². The molecule has 0 spiro atoms. The number of hydrogen-bond donors (Lipinski definition) is 3. The fourth-order valence-corrected chi connectivity index (χ4v) is 3.83. The SMILES string of the molecule is COCC(C)NC(=S)Nc1cc(S(=O)(=O)Nc2ccc(Cl)cc2)ccc1C. The van der Waals surface area contributed by atoms with E-state index >= 15 is 0 Å². The van der Waals surface area contributed by atoms with Gasteiger partial charge in [0.25, 0.3) is 10.0 Å². The molecule has 0 fully saturated rings. The van der Waals surface area contributed by atoms with Gasteiger partial charge in [0.1, 0.15) is 0 Å². The van der Waals surface area contributed by atoms with E-state index in [1.807, 2.05) is 13.8 Å². The van der Waals surface area contributed by atoms with Crippen molar-refractivity contribution >= 4 is 50.3 Å². The van der Waals surface area contributed by atoms with Crippen molar-refractivity contribution in [3.63, 3.8) is 0 Å². The molecule has 0 bridgehead atoms. The monoisotopic (exact) mass is 427 g/mol. The zero-order chi connectivity index (χ0) is 20.0. The van der Waals surface area contributed by atoms with Gasteiger partial charge in [-0.3, -0.25) is 4.72 Å². The number of benzene rings is 2. The van der Waals surface area contributed by atoms with Crippen molar-refractivity contribution < 1.29 is 13.2 Å². The lowest BCUT2D eigenvalue weighted by atomic mass is 10.2. The van der Waals surface area contributed by atoms with Crippen molar-refractivity contribution in [1.82, 2.24) is 5.32 Å². The van der Waals surface area contributed by atoms with Crippen LogP contribution >= 0.6 is 23.8 Å². The average molecular weight is 428 g/mol. The molecular formula is C18H22ClN3O3S2. The first kappa shape index (κ1) is 21.4. The van der Waals surface area contributed by atoms with Crippen molar-refractivity contribution in [2.75, 3.05) is 23.8 Å². The fraction of sp³-hybridized carbons (Fsp3) is 0.278. The Morgan fingerprint density at radius 2 is 1.89 bits per heavy atom. The first-order valence-electron chi connectivity index (χ1n) is 8.17. The van der Waals surface area contributed by atoms with Gasteiger partial charge in [-0.15, -0.1) is 0 Å². The lowest BCUT2D eigenvalue weighted by molar-refractivity contribution is 0.179. The van der Waals surface area contributed by atoms with Crippen LogP contribution in [0.2, 0.25) is 5.02 Å². The van der Waals surface area contributed by atoms with Crippen LogP contribution in [-0.2, 0) is 14.8 Å². The van der Waals surface area contributed by atoms with Gasteiger partial charge >= 0.3 is 0 Å². The zero-order valence-corrected chi connectivity index (χ0v) is 17.6. The summed E-state index contributed by atoms with van der Waals surface area (Å²) in [4.78, 5) is 0.123. The van der Waals surface area contributed by atoms with E-state index in [4.69, 9.17) is 28.6 Å². The predicted octanol–water partition coefficient (Wildman–Crippen LogP) is 3.77. The molecule has 0 saturated heterocycles. The van der Waals surface area contributed by atoms with Crippen LogP contribution in [0.1, 0.15) is 12.5 Å². The Balaban J connectivity index is 2.17. The zero-order valence-electron chi connectivity index (χ0n) is 15.2. The minimum atomic E-state index is -3.75. The molecule has 146 valence electrons. The summed E-state index contributed by atoms with van der Waals surface area (Å²) >= 11 is 11.1. The summed E-state index contributed by atoms with van der Waals surface area (Å²) in [5.41, 5.74) is 1.90. The van der Waals surface area contributed by atoms with Gasteiger partial charge in [-0.1, -0.05) is 17.7 Å². The fourth-order valence-electron chi connectivity index (χ4n) is 2.31. The topological polar surface area (TPSA) is 79.5 Å². The molecule has 0 aliphatic carbocycles. The van der Waals surface area contributed by atoms with Crippen LogP contribution in [0.3, 0.4) is 0 Å². The molecule has 1 unspecified atom stereocenters. The van der Waals surface area contributed by atoms with Crippen LogP contribution < -0.4 is 15.4 Å². The molecule has 6 nitrogen and oxygen atoms in total. The molecule has 0 saturated carbocycles. The van der Waals surface area contributed by atoms with E-state index in [0.717, 1.165) is 5.56 Å². The first-order valence-corrected chi connectivity index (χ1v) is 10.4. The van der Waals surface area contributed by atoms with Crippen LogP contribution in [0.5, 0.6) is 0 Å². The second-order valence-electron chi connectivity index (χ2n) is 6.04. The third-order valence-electron chi connectivity index (χ3n) is 3.66. The highest BCUT2D eigenvalue weighted by molar-refractivity contribution is 7.92. The Morgan fingerprint density at radius 1 is 1.22 bits per heavy atom. The van der Waals surface area contributed by atoms with Crippen LogP contribution in [0.4, 0.5) is 11.4 Å². The lowest BCUT2D eigenvalue weighted by Gasteiger charge is -2.18. The Hall–Kier alpha value is -1.87. The van der Waals surface area contributed by atoms with Crippen molar-refractivity contribution in [3.8, 4) is 0 Å². The Kier molecular flexibility index (Phi) is 7.43. The number of anilines is 2. The van der Waals surface area contributed by atoms with Crippen LogP contribution in [0.25, 0.3) is 0 Å². The van der Waals surface area contributed by atoms with Crippen LogP contribution in [0.15, 0.2) is 47.4 Å². The summed E-state index contributed by atoms with van der Waals surface area (Å²) in [5, 5.41) is 7.04. The Labute approximate surface area is 170 Å². The summed E-state index contributed by atoms with van der Waals surface area (Å²) < 4.78 is 32.9. The van der Waals surface area contributed by atoms with Crippen molar-refractivity contribution in [1.29, 1.82) is 0 Å². The molecule has 3 N–H and O–H groups in total. The maximum atomic E-state index is 12.7. The second-order valence-corrected chi connectivity index (χ2v) is 8.57. The Morgan fingerprint density at radius 3 is 2.52 bits per heavy atom. The molecule has 1 atom stereocenters. The average Bonchev–Trinajstić information content (AvgIpc) is 2.58. The van der Waals surface area contributed by atoms with Gasteiger partial charge in [0, 0.05) is 29.5 Å². The molecule has 2 aromatic carbocycles. The van der Waals surface area contributed by atoms with E-state index < -0.39 is 10.0 Å². The van der Waals surface area contributed by atoms with Gasteiger partial charge in [-0.25, -0.2) is 8.42 Å². The second kappa shape index (κ2) is 9.36. The van der Waals surface area contributed by atoms with Crippen LogP contribution in [-0.4, -0.2) is 33.3 Å². The molecule has 0 aliphatic heterocycles. The number of ether oxygens (including phenoxy) is 1. The van der Waals surface area contributed by atoms with E-state index in [1.54, 1.807) is 49.6 Å². The largest absolute Gasteiger partial charge is 0.383 e.